The van der Waals surface area contributed by atoms with Gasteiger partial charge >= 0.3 is 0 Å². The average Bonchev–Trinajstić information content (AvgIpc) is 3.36. The first-order valence-electron chi connectivity index (χ1n) is 13.6. The topological polar surface area (TPSA) is 114 Å². The lowest BCUT2D eigenvalue weighted by Gasteiger charge is -2.40. The molecule has 11 nitrogen and oxygen atoms in total. The van der Waals surface area contributed by atoms with Crippen molar-refractivity contribution in [2.45, 2.75) is 26.8 Å². The lowest BCUT2D eigenvalue weighted by molar-refractivity contribution is -0.128. The Hall–Kier alpha value is -5.13. The summed E-state index contributed by atoms with van der Waals surface area (Å²) >= 11 is 0. The van der Waals surface area contributed by atoms with E-state index in [0.717, 1.165) is 17.1 Å². The predicted molar refractivity (Wildman–Crippen MR) is 159 cm³/mol. The molecule has 1 aliphatic rings. The summed E-state index contributed by atoms with van der Waals surface area (Å²) in [4.78, 5) is 29.9. The predicted octanol–water partition coefficient (Wildman–Crippen LogP) is 4.82. The van der Waals surface area contributed by atoms with Gasteiger partial charge in [-0.25, -0.2) is 24.0 Å². The molecule has 0 spiro atoms. The highest BCUT2D eigenvalue weighted by atomic mass is 19.1. The highest BCUT2D eigenvalue weighted by Crippen LogP contribution is 2.34. The number of carbonyl (C=O) groups excluding carboxylic acids is 1. The Morgan fingerprint density at radius 1 is 1.12 bits per heavy atom. The fraction of sp³-hybridized carbons (Fsp3) is 0.267. The Morgan fingerprint density at radius 3 is 2.71 bits per heavy atom. The number of benzene rings is 2. The minimum absolute atomic E-state index is 0.0258. The van der Waals surface area contributed by atoms with Gasteiger partial charge in [0.15, 0.2) is 11.6 Å². The van der Waals surface area contributed by atoms with Gasteiger partial charge < -0.3 is 19.9 Å². The van der Waals surface area contributed by atoms with Crippen molar-refractivity contribution >= 4 is 45.3 Å². The van der Waals surface area contributed by atoms with E-state index >= 15 is 0 Å². The molecular formula is C30H30FN9O2. The van der Waals surface area contributed by atoms with Crippen molar-refractivity contribution in [2.24, 2.45) is 7.05 Å². The van der Waals surface area contributed by atoms with Gasteiger partial charge in [-0.15, -0.1) is 5.10 Å². The first-order chi connectivity index (χ1) is 20.2. The fourth-order valence-corrected chi connectivity index (χ4v) is 5.25. The first-order valence-corrected chi connectivity index (χ1v) is 13.6. The maximum absolute atomic E-state index is 15.0. The molecule has 214 valence electrons. The number of amides is 1. The summed E-state index contributed by atoms with van der Waals surface area (Å²) in [6.45, 7) is 11.1. The van der Waals surface area contributed by atoms with Crippen molar-refractivity contribution in [3.05, 3.63) is 72.3 Å². The van der Waals surface area contributed by atoms with Crippen LogP contribution in [0.25, 0.3) is 22.1 Å². The molecular weight excluding hydrogens is 537 g/mol. The number of carbonyl (C=O) groups is 1. The zero-order chi connectivity index (χ0) is 29.5. The second kappa shape index (κ2) is 10.7. The summed E-state index contributed by atoms with van der Waals surface area (Å²) in [6.07, 6.45) is 2.85. The number of hydrogen-bond acceptors (Lipinski definition) is 9. The van der Waals surface area contributed by atoms with Gasteiger partial charge in [-0.2, -0.15) is 0 Å². The summed E-state index contributed by atoms with van der Waals surface area (Å²) < 4.78 is 22.5. The second-order valence-corrected chi connectivity index (χ2v) is 10.4. The Balaban J connectivity index is 1.24. The van der Waals surface area contributed by atoms with Crippen LogP contribution in [0.4, 0.5) is 21.7 Å². The number of nitrogens with zero attached hydrogens (tertiary/aromatic N) is 8. The summed E-state index contributed by atoms with van der Waals surface area (Å²) in [5.74, 6) is 1.85. The van der Waals surface area contributed by atoms with Crippen LogP contribution in [0.15, 0.2) is 55.4 Å². The lowest BCUT2D eigenvalue weighted by Crippen LogP contribution is -2.53. The molecule has 4 heterocycles. The van der Waals surface area contributed by atoms with Crippen molar-refractivity contribution in [3.63, 3.8) is 0 Å². The van der Waals surface area contributed by atoms with Gasteiger partial charge in [-0.05, 0) is 62.7 Å². The fourth-order valence-electron chi connectivity index (χ4n) is 5.25. The van der Waals surface area contributed by atoms with E-state index in [2.05, 4.69) is 37.1 Å². The maximum Gasteiger partial charge on any atom is 0.246 e. The third kappa shape index (κ3) is 4.84. The van der Waals surface area contributed by atoms with E-state index in [1.807, 2.05) is 49.1 Å². The molecule has 1 fully saturated rings. The van der Waals surface area contributed by atoms with E-state index in [-0.39, 0.29) is 11.9 Å². The largest absolute Gasteiger partial charge is 0.457 e. The molecule has 0 unspecified atom stereocenters. The molecule has 42 heavy (non-hydrogen) atoms. The van der Waals surface area contributed by atoms with Crippen molar-refractivity contribution in [1.29, 1.82) is 0 Å². The van der Waals surface area contributed by atoms with Crippen LogP contribution in [0.2, 0.25) is 0 Å². The standard InChI is InChI=1S/C30H30FN9O2/c1-6-26(41)40-12-11-39(15-18(40)3)25-10-8-21-28(35-25)30(33-16-32-21)34-20-7-9-23(17(2)13-20)42-24-14-22-29(27(31)19(24)4)38(5)37-36-22/h6-10,13-14,16,18H,1,11-12,15H2,2-5H3,(H,32,33,34)/t18-/m1/s1. The van der Waals surface area contributed by atoms with Gasteiger partial charge in [0.25, 0.3) is 0 Å². The van der Waals surface area contributed by atoms with Crippen molar-refractivity contribution < 1.29 is 13.9 Å². The van der Waals surface area contributed by atoms with Gasteiger partial charge in [-0.1, -0.05) is 11.8 Å². The molecule has 1 amide bonds. The van der Waals surface area contributed by atoms with Crippen molar-refractivity contribution in [2.75, 3.05) is 29.9 Å². The van der Waals surface area contributed by atoms with E-state index in [9.17, 15) is 9.18 Å². The minimum atomic E-state index is -0.407. The maximum atomic E-state index is 15.0. The molecule has 12 heteroatoms. The highest BCUT2D eigenvalue weighted by molar-refractivity contribution is 5.89. The molecule has 1 saturated heterocycles. The molecule has 0 bridgehead atoms. The van der Waals surface area contributed by atoms with Gasteiger partial charge in [0, 0.05) is 50.0 Å². The smallest absolute Gasteiger partial charge is 0.246 e. The quantitative estimate of drug-likeness (QED) is 0.288. The number of rotatable bonds is 6. The highest BCUT2D eigenvalue weighted by Gasteiger charge is 2.27. The lowest BCUT2D eigenvalue weighted by atomic mass is 10.1. The van der Waals surface area contributed by atoms with E-state index < -0.39 is 5.82 Å². The van der Waals surface area contributed by atoms with Crippen LogP contribution in [-0.2, 0) is 11.8 Å². The zero-order valence-electron chi connectivity index (χ0n) is 23.8. The number of aromatic nitrogens is 6. The third-order valence-corrected chi connectivity index (χ3v) is 7.56. The second-order valence-electron chi connectivity index (χ2n) is 10.4. The van der Waals surface area contributed by atoms with E-state index in [4.69, 9.17) is 9.72 Å². The molecule has 0 aliphatic carbocycles. The van der Waals surface area contributed by atoms with Gasteiger partial charge in [0.05, 0.1) is 5.52 Å². The van der Waals surface area contributed by atoms with Crippen LogP contribution >= 0.6 is 0 Å². The number of nitrogens with one attached hydrogen (secondary N) is 1. The molecule has 1 atom stereocenters. The number of pyridine rings is 1. The Morgan fingerprint density at radius 2 is 1.95 bits per heavy atom. The summed E-state index contributed by atoms with van der Waals surface area (Å²) in [5, 5.41) is 11.3. The zero-order valence-corrected chi connectivity index (χ0v) is 23.8. The van der Waals surface area contributed by atoms with Gasteiger partial charge in [0.1, 0.15) is 40.2 Å². The molecule has 2 aromatic carbocycles. The molecule has 5 aromatic rings. The van der Waals surface area contributed by atoms with Crippen LogP contribution in [0.5, 0.6) is 11.5 Å². The molecule has 0 radical (unpaired) electrons. The number of halogens is 1. The molecule has 0 saturated carbocycles. The van der Waals surface area contributed by atoms with E-state index in [0.29, 0.717) is 64.6 Å². The Kier molecular flexibility index (Phi) is 6.89. The van der Waals surface area contributed by atoms with Gasteiger partial charge in [-0.3, -0.25) is 4.79 Å². The third-order valence-electron chi connectivity index (χ3n) is 7.56. The SMILES string of the molecule is C=CC(=O)N1CCN(c2ccc3ncnc(Nc4ccc(Oc5cc6nnn(C)c6c(F)c5C)c(C)c4)c3n2)C[C@H]1C. The van der Waals surface area contributed by atoms with Crippen molar-refractivity contribution in [1.82, 2.24) is 34.8 Å². The van der Waals surface area contributed by atoms with Crippen LogP contribution < -0.4 is 15.0 Å². The number of fused-ring (bicyclic) bond motifs is 2. The molecule has 1 N–H and O–H groups in total. The number of anilines is 3. The molecule has 6 rings (SSSR count). The Bertz CT molecular complexity index is 1850. The Labute approximate surface area is 241 Å². The number of aryl methyl sites for hydroxylation is 2. The average molecular weight is 568 g/mol. The first kappa shape index (κ1) is 27.1. The number of ether oxygens (including phenoxy) is 1. The van der Waals surface area contributed by atoms with Crippen LogP contribution in [0.3, 0.4) is 0 Å². The molecule has 3 aromatic heterocycles. The van der Waals surface area contributed by atoms with Crippen LogP contribution in [0, 0.1) is 19.7 Å². The number of piperazine rings is 1. The van der Waals surface area contributed by atoms with Crippen LogP contribution in [-0.4, -0.2) is 66.4 Å². The summed E-state index contributed by atoms with van der Waals surface area (Å²) in [7, 11) is 1.65. The van der Waals surface area contributed by atoms with Crippen LogP contribution in [0.1, 0.15) is 18.1 Å². The van der Waals surface area contributed by atoms with Gasteiger partial charge in [0.2, 0.25) is 5.91 Å². The minimum Gasteiger partial charge on any atom is -0.457 e. The monoisotopic (exact) mass is 567 g/mol. The summed E-state index contributed by atoms with van der Waals surface area (Å²) in [5.41, 5.74) is 4.11. The molecule has 1 aliphatic heterocycles. The van der Waals surface area contributed by atoms with E-state index in [1.165, 1.54) is 17.1 Å². The van der Waals surface area contributed by atoms with E-state index in [1.54, 1.807) is 20.0 Å². The van der Waals surface area contributed by atoms with Crippen molar-refractivity contribution in [3.8, 4) is 11.5 Å². The number of hydrogen-bond donors (Lipinski definition) is 1. The normalized spacial score (nSPS) is 15.3. The summed E-state index contributed by atoms with van der Waals surface area (Å²) in [6, 6.07) is 11.2.